The van der Waals surface area contributed by atoms with Crippen LogP contribution >= 0.6 is 12.2 Å². The number of rotatable bonds is 4. The van der Waals surface area contributed by atoms with Crippen molar-refractivity contribution in [3.63, 3.8) is 0 Å². The van der Waals surface area contributed by atoms with Gasteiger partial charge in [0.2, 0.25) is 0 Å². The number of thiocarbonyl (C=S) groups is 1. The predicted molar refractivity (Wildman–Crippen MR) is 125 cm³/mol. The third-order valence-corrected chi connectivity index (χ3v) is 5.80. The van der Waals surface area contributed by atoms with Gasteiger partial charge in [0.15, 0.2) is 5.11 Å². The van der Waals surface area contributed by atoms with Gasteiger partial charge in [0.1, 0.15) is 0 Å². The van der Waals surface area contributed by atoms with Crippen molar-refractivity contribution in [2.45, 2.75) is 19.0 Å². The molecule has 2 aromatic carbocycles. The summed E-state index contributed by atoms with van der Waals surface area (Å²) in [6, 6.07) is 27.0. The number of nitrogens with one attached hydrogen (secondary N) is 1. The van der Waals surface area contributed by atoms with E-state index in [1.165, 1.54) is 11.1 Å². The van der Waals surface area contributed by atoms with E-state index in [0.29, 0.717) is 5.11 Å². The Morgan fingerprint density at radius 1 is 0.900 bits per heavy atom. The molecule has 1 saturated heterocycles. The van der Waals surface area contributed by atoms with E-state index in [9.17, 15) is 0 Å². The Hall–Kier alpha value is -3.44. The summed E-state index contributed by atoms with van der Waals surface area (Å²) in [5.41, 5.74) is 5.59. The van der Waals surface area contributed by atoms with Gasteiger partial charge in [0.05, 0.1) is 17.8 Å². The SMILES string of the molecule is Cc1cccc(N2C(=S)N[C@H](c3ccccn3)[C@H]2c2ccn(-c3ccccc3)c2)c1. The van der Waals surface area contributed by atoms with Crippen LogP contribution in [0.2, 0.25) is 0 Å². The van der Waals surface area contributed by atoms with E-state index in [0.717, 1.165) is 17.1 Å². The Morgan fingerprint density at radius 2 is 1.70 bits per heavy atom. The minimum atomic E-state index is -0.0363. The smallest absolute Gasteiger partial charge is 0.174 e. The summed E-state index contributed by atoms with van der Waals surface area (Å²) in [4.78, 5) is 6.84. The van der Waals surface area contributed by atoms with Crippen LogP contribution < -0.4 is 10.2 Å². The van der Waals surface area contributed by atoms with Crippen molar-refractivity contribution in [1.82, 2.24) is 14.9 Å². The summed E-state index contributed by atoms with van der Waals surface area (Å²) in [5.74, 6) is 0. The van der Waals surface area contributed by atoms with Gasteiger partial charge in [-0.1, -0.05) is 36.4 Å². The lowest BCUT2D eigenvalue weighted by molar-refractivity contribution is 0.568. The molecule has 0 spiro atoms. The van der Waals surface area contributed by atoms with Crippen LogP contribution in [0, 0.1) is 6.92 Å². The van der Waals surface area contributed by atoms with Crippen molar-refractivity contribution in [3.05, 3.63) is 114 Å². The van der Waals surface area contributed by atoms with Crippen LogP contribution in [0.3, 0.4) is 0 Å². The van der Waals surface area contributed by atoms with Crippen LogP contribution in [-0.4, -0.2) is 14.7 Å². The second-order valence-electron chi connectivity index (χ2n) is 7.52. The zero-order valence-electron chi connectivity index (χ0n) is 16.6. The molecule has 0 aliphatic carbocycles. The molecule has 4 nitrogen and oxygen atoms in total. The lowest BCUT2D eigenvalue weighted by Gasteiger charge is -2.27. The number of hydrogen-bond acceptors (Lipinski definition) is 2. The fraction of sp³-hybridized carbons (Fsp3) is 0.120. The highest BCUT2D eigenvalue weighted by Gasteiger charge is 2.41. The first-order valence-electron chi connectivity index (χ1n) is 10.0. The van der Waals surface area contributed by atoms with Gasteiger partial charge >= 0.3 is 0 Å². The zero-order valence-corrected chi connectivity index (χ0v) is 17.5. The van der Waals surface area contributed by atoms with Crippen LogP contribution in [0.25, 0.3) is 5.69 Å². The first-order valence-corrected chi connectivity index (χ1v) is 10.4. The van der Waals surface area contributed by atoms with Crippen molar-refractivity contribution in [3.8, 4) is 5.69 Å². The second kappa shape index (κ2) is 7.76. The number of aromatic nitrogens is 2. The number of hydrogen-bond donors (Lipinski definition) is 1. The molecule has 0 bridgehead atoms. The molecule has 0 amide bonds. The third-order valence-electron chi connectivity index (χ3n) is 5.49. The minimum Gasteiger partial charge on any atom is -0.351 e. The molecular formula is C25H22N4S. The minimum absolute atomic E-state index is 0.000776. The normalized spacial score (nSPS) is 18.4. The quantitative estimate of drug-likeness (QED) is 0.459. The molecule has 2 aromatic heterocycles. The van der Waals surface area contributed by atoms with Crippen LogP contribution in [0.15, 0.2) is 97.5 Å². The lowest BCUT2D eigenvalue weighted by atomic mass is 9.98. The van der Waals surface area contributed by atoms with E-state index in [-0.39, 0.29) is 12.1 Å². The standard InChI is InChI=1S/C25H22N4S/c1-18-8-7-11-21(16-18)29-24(23(27-25(29)30)22-12-5-6-14-26-22)19-13-15-28(17-19)20-9-3-2-4-10-20/h2-17,23-24H,1H3,(H,27,30)/t23-,24-/m1/s1. The molecule has 1 fully saturated rings. The van der Waals surface area contributed by atoms with Gasteiger partial charge in [-0.05, 0) is 72.7 Å². The second-order valence-corrected chi connectivity index (χ2v) is 7.91. The lowest BCUT2D eigenvalue weighted by Crippen LogP contribution is -2.29. The molecular weight excluding hydrogens is 388 g/mol. The van der Waals surface area contributed by atoms with Gasteiger partial charge in [-0.15, -0.1) is 0 Å². The monoisotopic (exact) mass is 410 g/mol. The van der Waals surface area contributed by atoms with Crippen LogP contribution in [0.4, 0.5) is 5.69 Å². The fourth-order valence-corrected chi connectivity index (χ4v) is 4.44. The van der Waals surface area contributed by atoms with E-state index in [2.05, 4.69) is 99.7 Å². The summed E-state index contributed by atoms with van der Waals surface area (Å²) in [6.07, 6.45) is 6.13. The van der Waals surface area contributed by atoms with E-state index < -0.39 is 0 Å². The molecule has 0 radical (unpaired) electrons. The van der Waals surface area contributed by atoms with Crippen LogP contribution in [0.5, 0.6) is 0 Å². The maximum absolute atomic E-state index is 5.80. The van der Waals surface area contributed by atoms with E-state index in [4.69, 9.17) is 12.2 Å². The Morgan fingerprint density at radius 3 is 2.47 bits per heavy atom. The predicted octanol–water partition coefficient (Wildman–Crippen LogP) is 5.36. The number of aryl methyl sites for hydroxylation is 1. The molecule has 0 saturated carbocycles. The molecule has 2 atom stereocenters. The zero-order chi connectivity index (χ0) is 20.5. The molecule has 5 heteroatoms. The van der Waals surface area contributed by atoms with Gasteiger partial charge in [-0.25, -0.2) is 0 Å². The van der Waals surface area contributed by atoms with Crippen LogP contribution in [-0.2, 0) is 0 Å². The molecule has 3 heterocycles. The molecule has 5 rings (SSSR count). The fourth-order valence-electron chi connectivity index (χ4n) is 4.10. The van der Waals surface area contributed by atoms with Gasteiger partial charge < -0.3 is 14.8 Å². The Labute approximate surface area is 181 Å². The molecule has 30 heavy (non-hydrogen) atoms. The van der Waals surface area contributed by atoms with E-state index in [1.807, 2.05) is 24.4 Å². The largest absolute Gasteiger partial charge is 0.351 e. The molecule has 1 aliphatic rings. The first-order chi connectivity index (χ1) is 14.7. The Balaban J connectivity index is 1.61. The van der Waals surface area contributed by atoms with Crippen molar-refractivity contribution in [1.29, 1.82) is 0 Å². The topological polar surface area (TPSA) is 33.1 Å². The molecule has 148 valence electrons. The van der Waals surface area contributed by atoms with Gasteiger partial charge in [0, 0.05) is 30.0 Å². The molecule has 1 aliphatic heterocycles. The van der Waals surface area contributed by atoms with E-state index in [1.54, 1.807) is 0 Å². The maximum Gasteiger partial charge on any atom is 0.174 e. The highest BCUT2D eigenvalue weighted by molar-refractivity contribution is 7.80. The van der Waals surface area contributed by atoms with Crippen LogP contribution in [0.1, 0.15) is 28.9 Å². The average molecular weight is 411 g/mol. The summed E-state index contributed by atoms with van der Waals surface area (Å²) in [6.45, 7) is 2.10. The van der Waals surface area contributed by atoms with Crippen molar-refractivity contribution >= 4 is 23.0 Å². The Kier molecular flexibility index (Phi) is 4.81. The van der Waals surface area contributed by atoms with E-state index >= 15 is 0 Å². The number of pyridine rings is 1. The summed E-state index contributed by atoms with van der Waals surface area (Å²) < 4.78 is 2.15. The third kappa shape index (κ3) is 3.37. The highest BCUT2D eigenvalue weighted by Crippen LogP contribution is 2.41. The molecule has 0 unspecified atom stereocenters. The summed E-state index contributed by atoms with van der Waals surface area (Å²) in [7, 11) is 0. The van der Waals surface area contributed by atoms with Crippen molar-refractivity contribution < 1.29 is 0 Å². The van der Waals surface area contributed by atoms with Gasteiger partial charge in [-0.3, -0.25) is 4.98 Å². The first kappa shape index (κ1) is 18.6. The van der Waals surface area contributed by atoms with Gasteiger partial charge in [0.25, 0.3) is 0 Å². The number of benzene rings is 2. The maximum atomic E-state index is 5.80. The number of anilines is 1. The van der Waals surface area contributed by atoms with Crippen molar-refractivity contribution in [2.75, 3.05) is 4.90 Å². The number of para-hydroxylation sites is 1. The van der Waals surface area contributed by atoms with Crippen molar-refractivity contribution in [2.24, 2.45) is 0 Å². The number of nitrogens with zero attached hydrogens (tertiary/aromatic N) is 3. The Bertz CT molecular complexity index is 1170. The highest BCUT2D eigenvalue weighted by atomic mass is 32.1. The summed E-state index contributed by atoms with van der Waals surface area (Å²) in [5, 5.41) is 4.24. The van der Waals surface area contributed by atoms with Gasteiger partial charge in [-0.2, -0.15) is 0 Å². The summed E-state index contributed by atoms with van der Waals surface area (Å²) >= 11 is 5.80. The molecule has 4 aromatic rings. The molecule has 1 N–H and O–H groups in total. The average Bonchev–Trinajstić information content (AvgIpc) is 3.39.